The molecule has 4 nitrogen and oxygen atoms in total. The molecular formula is C18H16ClN3O. The van der Waals surface area contributed by atoms with Gasteiger partial charge < -0.3 is 9.42 Å². The van der Waals surface area contributed by atoms with Crippen LogP contribution < -0.4 is 4.90 Å². The predicted octanol–water partition coefficient (Wildman–Crippen LogP) is 4.34. The lowest BCUT2D eigenvalue weighted by molar-refractivity contribution is 0.374. The summed E-state index contributed by atoms with van der Waals surface area (Å²) in [6.45, 7) is 2.82. The second-order valence-electron chi connectivity index (χ2n) is 5.80. The van der Waals surface area contributed by atoms with E-state index in [9.17, 15) is 0 Å². The van der Waals surface area contributed by atoms with Crippen molar-refractivity contribution in [3.63, 3.8) is 0 Å². The molecule has 0 radical (unpaired) electrons. The van der Waals surface area contributed by atoms with E-state index in [1.54, 1.807) is 0 Å². The normalized spacial score (nSPS) is 16.6. The topological polar surface area (TPSA) is 42.2 Å². The van der Waals surface area contributed by atoms with Crippen molar-refractivity contribution in [2.24, 2.45) is 0 Å². The molecule has 116 valence electrons. The van der Waals surface area contributed by atoms with Crippen LogP contribution in [0.5, 0.6) is 0 Å². The number of halogens is 1. The molecule has 1 aromatic heterocycles. The first kappa shape index (κ1) is 14.3. The highest BCUT2D eigenvalue weighted by atomic mass is 35.5. The second-order valence-corrected chi connectivity index (χ2v) is 6.21. The van der Waals surface area contributed by atoms with Gasteiger partial charge in [0.2, 0.25) is 11.7 Å². The van der Waals surface area contributed by atoms with E-state index in [2.05, 4.69) is 46.2 Å². The standard InChI is InChI=1S/C18H16ClN3O/c1-12-10-13-6-2-5-9-16(13)22(12)11-17-20-18(21-23-17)14-7-3-4-8-15(14)19/h2-9,12H,10-11H2,1H3. The summed E-state index contributed by atoms with van der Waals surface area (Å²) in [5.74, 6) is 1.13. The van der Waals surface area contributed by atoms with Crippen LogP contribution in [0.4, 0.5) is 5.69 Å². The van der Waals surface area contributed by atoms with Crippen LogP contribution in [0.15, 0.2) is 53.1 Å². The Labute approximate surface area is 139 Å². The third-order valence-corrected chi connectivity index (χ3v) is 4.57. The van der Waals surface area contributed by atoms with Crippen LogP contribution >= 0.6 is 11.6 Å². The van der Waals surface area contributed by atoms with Gasteiger partial charge >= 0.3 is 0 Å². The van der Waals surface area contributed by atoms with Crippen LogP contribution in [0.2, 0.25) is 5.02 Å². The van der Waals surface area contributed by atoms with E-state index >= 15 is 0 Å². The highest BCUT2D eigenvalue weighted by Crippen LogP contribution is 2.33. The van der Waals surface area contributed by atoms with E-state index < -0.39 is 0 Å². The number of rotatable bonds is 3. The lowest BCUT2D eigenvalue weighted by Gasteiger charge is -2.22. The molecule has 1 atom stereocenters. The van der Waals surface area contributed by atoms with Crippen LogP contribution in [-0.2, 0) is 13.0 Å². The molecule has 1 aliphatic rings. The predicted molar refractivity (Wildman–Crippen MR) is 90.5 cm³/mol. The highest BCUT2D eigenvalue weighted by molar-refractivity contribution is 6.33. The quantitative estimate of drug-likeness (QED) is 0.718. The molecule has 4 rings (SSSR count). The number of nitrogens with zero attached hydrogens (tertiary/aromatic N) is 3. The minimum Gasteiger partial charge on any atom is -0.359 e. The Morgan fingerprint density at radius 1 is 1.17 bits per heavy atom. The number of para-hydroxylation sites is 1. The summed E-state index contributed by atoms with van der Waals surface area (Å²) in [6.07, 6.45) is 1.04. The summed E-state index contributed by atoms with van der Waals surface area (Å²) in [6, 6.07) is 16.4. The lowest BCUT2D eigenvalue weighted by atomic mass is 10.1. The molecule has 1 aliphatic heterocycles. The van der Waals surface area contributed by atoms with Gasteiger partial charge in [-0.15, -0.1) is 0 Å². The number of aromatic nitrogens is 2. The summed E-state index contributed by atoms with van der Waals surface area (Å²) in [5.41, 5.74) is 3.40. The van der Waals surface area contributed by atoms with Gasteiger partial charge in [-0.3, -0.25) is 0 Å². The maximum Gasteiger partial charge on any atom is 0.246 e. The zero-order valence-corrected chi connectivity index (χ0v) is 13.5. The molecule has 0 N–H and O–H groups in total. The van der Waals surface area contributed by atoms with Crippen LogP contribution in [0, 0.1) is 0 Å². The minimum absolute atomic E-state index is 0.420. The van der Waals surface area contributed by atoms with Crippen molar-refractivity contribution in [2.45, 2.75) is 25.9 Å². The Hall–Kier alpha value is -2.33. The van der Waals surface area contributed by atoms with Crippen molar-refractivity contribution in [3.05, 3.63) is 65.0 Å². The van der Waals surface area contributed by atoms with Gasteiger partial charge in [0.15, 0.2) is 0 Å². The molecule has 0 bridgehead atoms. The van der Waals surface area contributed by atoms with Gasteiger partial charge in [0.05, 0.1) is 11.6 Å². The molecule has 0 aliphatic carbocycles. The largest absolute Gasteiger partial charge is 0.359 e. The van der Waals surface area contributed by atoms with Crippen LogP contribution in [0.1, 0.15) is 18.4 Å². The fourth-order valence-corrected chi connectivity index (χ4v) is 3.31. The summed E-state index contributed by atoms with van der Waals surface area (Å²) in [7, 11) is 0. The Bertz CT molecular complexity index is 846. The third-order valence-electron chi connectivity index (χ3n) is 4.24. The summed E-state index contributed by atoms with van der Waals surface area (Å²) in [5, 5.41) is 4.70. The Kier molecular flexibility index (Phi) is 3.54. The van der Waals surface area contributed by atoms with Crippen LogP contribution in [0.25, 0.3) is 11.4 Å². The summed E-state index contributed by atoms with van der Waals surface area (Å²) < 4.78 is 5.44. The Balaban J connectivity index is 1.60. The Morgan fingerprint density at radius 2 is 1.96 bits per heavy atom. The molecule has 0 saturated heterocycles. The average molecular weight is 326 g/mol. The molecule has 0 amide bonds. The molecule has 5 heteroatoms. The van der Waals surface area contributed by atoms with Crippen molar-refractivity contribution in [1.29, 1.82) is 0 Å². The third kappa shape index (κ3) is 2.59. The molecular weight excluding hydrogens is 310 g/mol. The number of hydrogen-bond acceptors (Lipinski definition) is 4. The summed E-state index contributed by atoms with van der Waals surface area (Å²) >= 11 is 6.20. The van der Waals surface area contributed by atoms with Gasteiger partial charge in [-0.1, -0.05) is 47.1 Å². The van der Waals surface area contributed by atoms with Gasteiger partial charge in [0.25, 0.3) is 0 Å². The molecule has 0 spiro atoms. The number of hydrogen-bond donors (Lipinski definition) is 0. The van der Waals surface area contributed by atoms with Crippen LogP contribution in [-0.4, -0.2) is 16.2 Å². The van der Waals surface area contributed by atoms with E-state index in [1.165, 1.54) is 11.3 Å². The van der Waals surface area contributed by atoms with Crippen molar-refractivity contribution < 1.29 is 4.52 Å². The first-order valence-corrected chi connectivity index (χ1v) is 8.02. The van der Waals surface area contributed by atoms with E-state index in [0.717, 1.165) is 12.0 Å². The smallest absolute Gasteiger partial charge is 0.246 e. The average Bonchev–Trinajstić information content (AvgIpc) is 3.14. The monoisotopic (exact) mass is 325 g/mol. The fraction of sp³-hybridized carbons (Fsp3) is 0.222. The molecule has 0 fully saturated rings. The second kappa shape index (κ2) is 5.70. The SMILES string of the molecule is CC1Cc2ccccc2N1Cc1nc(-c2ccccc2Cl)no1. The molecule has 23 heavy (non-hydrogen) atoms. The Morgan fingerprint density at radius 3 is 2.83 bits per heavy atom. The lowest BCUT2D eigenvalue weighted by Crippen LogP contribution is -2.28. The van der Waals surface area contributed by atoms with E-state index in [0.29, 0.717) is 29.3 Å². The van der Waals surface area contributed by atoms with Gasteiger partial charge in [-0.05, 0) is 37.1 Å². The summed E-state index contributed by atoms with van der Waals surface area (Å²) in [4.78, 5) is 6.81. The van der Waals surface area contributed by atoms with Gasteiger partial charge in [-0.25, -0.2) is 0 Å². The highest BCUT2D eigenvalue weighted by Gasteiger charge is 2.27. The fourth-order valence-electron chi connectivity index (χ4n) is 3.09. The van der Waals surface area contributed by atoms with Gasteiger partial charge in [0, 0.05) is 17.3 Å². The van der Waals surface area contributed by atoms with E-state index in [1.807, 2.05) is 24.3 Å². The van der Waals surface area contributed by atoms with Crippen molar-refractivity contribution in [3.8, 4) is 11.4 Å². The van der Waals surface area contributed by atoms with Gasteiger partial charge in [-0.2, -0.15) is 4.98 Å². The van der Waals surface area contributed by atoms with Gasteiger partial charge in [0.1, 0.15) is 0 Å². The first-order valence-electron chi connectivity index (χ1n) is 7.64. The molecule has 2 aromatic carbocycles. The van der Waals surface area contributed by atoms with E-state index in [4.69, 9.17) is 16.1 Å². The number of anilines is 1. The zero-order valence-electron chi connectivity index (χ0n) is 12.7. The first-order chi connectivity index (χ1) is 11.2. The molecule has 2 heterocycles. The van der Waals surface area contributed by atoms with E-state index in [-0.39, 0.29) is 0 Å². The van der Waals surface area contributed by atoms with Crippen molar-refractivity contribution in [1.82, 2.24) is 10.1 Å². The van der Waals surface area contributed by atoms with Crippen molar-refractivity contribution in [2.75, 3.05) is 4.90 Å². The maximum atomic E-state index is 6.20. The molecule has 1 unspecified atom stereocenters. The van der Waals surface area contributed by atoms with Crippen molar-refractivity contribution >= 4 is 17.3 Å². The number of fused-ring (bicyclic) bond motifs is 1. The van der Waals surface area contributed by atoms with Crippen LogP contribution in [0.3, 0.4) is 0 Å². The maximum absolute atomic E-state index is 6.20. The minimum atomic E-state index is 0.420. The number of benzene rings is 2. The zero-order chi connectivity index (χ0) is 15.8. The molecule has 0 saturated carbocycles. The molecule has 3 aromatic rings.